The van der Waals surface area contributed by atoms with Gasteiger partial charge in [0.15, 0.2) is 0 Å². The third-order valence-electron chi connectivity index (χ3n) is 8.25. The highest BCUT2D eigenvalue weighted by Crippen LogP contribution is 2.42. The highest BCUT2D eigenvalue weighted by Gasteiger charge is 2.27. The van der Waals surface area contributed by atoms with Gasteiger partial charge >= 0.3 is 6.03 Å². The summed E-state index contributed by atoms with van der Waals surface area (Å²) < 4.78 is 0. The van der Waals surface area contributed by atoms with E-state index in [1.165, 1.54) is 11.1 Å². The minimum Gasteiger partial charge on any atom is -0.354 e. The lowest BCUT2D eigenvalue weighted by molar-refractivity contribution is 0.154. The Kier molecular flexibility index (Phi) is 8.59. The molecule has 2 amide bonds. The predicted octanol–water partition coefficient (Wildman–Crippen LogP) is 5.40. The molecule has 3 N–H and O–H groups in total. The first-order valence-corrected chi connectivity index (χ1v) is 14.8. The van der Waals surface area contributed by atoms with Crippen molar-refractivity contribution in [1.82, 2.24) is 19.8 Å². The normalized spacial score (nSPS) is 16.4. The van der Waals surface area contributed by atoms with Crippen molar-refractivity contribution in [2.24, 2.45) is 0 Å². The van der Waals surface area contributed by atoms with E-state index >= 15 is 0 Å². The Bertz CT molecular complexity index is 1610. The molecule has 3 aromatic carbocycles. The Balaban J connectivity index is 1.09. The highest BCUT2D eigenvalue weighted by atomic mass is 16.2. The second-order valence-corrected chi connectivity index (χ2v) is 11.2. The van der Waals surface area contributed by atoms with Crippen molar-refractivity contribution in [2.75, 3.05) is 62.3 Å². The molecule has 0 radical (unpaired) electrons. The Morgan fingerprint density at radius 2 is 1.65 bits per heavy atom. The number of carbonyl (C=O) groups excluding carboxylic acids is 1. The number of carbonyl (C=O) groups is 1. The molecular formula is C34H36N8O. The molecule has 2 heterocycles. The number of hydrogen-bond acceptors (Lipinski definition) is 7. The van der Waals surface area contributed by atoms with E-state index in [9.17, 15) is 4.79 Å². The molecule has 218 valence electrons. The number of piperazine rings is 1. The van der Waals surface area contributed by atoms with Crippen molar-refractivity contribution in [2.45, 2.75) is 18.8 Å². The lowest BCUT2D eigenvalue weighted by Gasteiger charge is -2.32. The van der Waals surface area contributed by atoms with Gasteiger partial charge in [-0.2, -0.15) is 5.26 Å². The summed E-state index contributed by atoms with van der Waals surface area (Å²) in [5.41, 5.74) is 7.56. The van der Waals surface area contributed by atoms with Crippen LogP contribution in [0.15, 0.2) is 79.0 Å². The van der Waals surface area contributed by atoms with Gasteiger partial charge in [0.2, 0.25) is 5.95 Å². The number of nitrogens with zero attached hydrogens (tertiary/aromatic N) is 5. The lowest BCUT2D eigenvalue weighted by atomic mass is 9.78. The molecule has 1 saturated heterocycles. The van der Waals surface area contributed by atoms with E-state index in [0.29, 0.717) is 22.9 Å². The average Bonchev–Trinajstić information content (AvgIpc) is 3.04. The van der Waals surface area contributed by atoms with E-state index in [1.807, 2.05) is 18.3 Å². The van der Waals surface area contributed by atoms with Crippen LogP contribution in [0.5, 0.6) is 0 Å². The van der Waals surface area contributed by atoms with Crippen molar-refractivity contribution < 1.29 is 4.79 Å². The zero-order chi connectivity index (χ0) is 29.6. The number of rotatable bonds is 8. The first-order valence-electron chi connectivity index (χ1n) is 14.8. The molecule has 1 aromatic heterocycles. The van der Waals surface area contributed by atoms with Crippen molar-refractivity contribution in [3.05, 3.63) is 101 Å². The van der Waals surface area contributed by atoms with E-state index in [2.05, 4.69) is 80.2 Å². The molecule has 1 atom stereocenters. The van der Waals surface area contributed by atoms with Crippen LogP contribution >= 0.6 is 0 Å². The molecule has 9 heteroatoms. The van der Waals surface area contributed by atoms with Crippen LogP contribution in [0.4, 0.5) is 22.1 Å². The van der Waals surface area contributed by atoms with E-state index in [-0.39, 0.29) is 11.9 Å². The number of anilines is 3. The number of nitriles is 1. The van der Waals surface area contributed by atoms with E-state index < -0.39 is 0 Å². The summed E-state index contributed by atoms with van der Waals surface area (Å²) in [5.74, 6) is 0.844. The minimum absolute atomic E-state index is 0.163. The maximum atomic E-state index is 12.5. The predicted molar refractivity (Wildman–Crippen MR) is 170 cm³/mol. The maximum Gasteiger partial charge on any atom is 0.323 e. The second-order valence-electron chi connectivity index (χ2n) is 11.2. The molecule has 2 aliphatic rings. The van der Waals surface area contributed by atoms with Crippen molar-refractivity contribution in [1.29, 1.82) is 5.26 Å². The molecule has 0 spiro atoms. The Labute approximate surface area is 252 Å². The molecule has 43 heavy (non-hydrogen) atoms. The summed E-state index contributed by atoms with van der Waals surface area (Å²) in [6, 6.07) is 25.0. The smallest absolute Gasteiger partial charge is 0.323 e. The van der Waals surface area contributed by atoms with Gasteiger partial charge in [-0.15, -0.1) is 0 Å². The fourth-order valence-corrected chi connectivity index (χ4v) is 5.81. The van der Waals surface area contributed by atoms with Crippen LogP contribution in [-0.4, -0.2) is 72.1 Å². The van der Waals surface area contributed by atoms with Crippen LogP contribution in [0.25, 0.3) is 11.3 Å². The molecule has 1 fully saturated rings. The van der Waals surface area contributed by atoms with Crippen LogP contribution in [0.1, 0.15) is 34.6 Å². The number of benzene rings is 3. The second kappa shape index (κ2) is 13.0. The minimum atomic E-state index is -0.338. The number of likely N-dealkylation sites (N-methyl/N-ethyl adjacent to an activating group) is 1. The van der Waals surface area contributed by atoms with Gasteiger partial charge in [0.05, 0.1) is 17.3 Å². The van der Waals surface area contributed by atoms with E-state index in [0.717, 1.165) is 68.9 Å². The molecule has 4 aromatic rings. The van der Waals surface area contributed by atoms with Gasteiger partial charge in [-0.3, -0.25) is 0 Å². The van der Waals surface area contributed by atoms with Crippen molar-refractivity contribution >= 4 is 23.4 Å². The topological polar surface area (TPSA) is 109 Å². The Hall–Kier alpha value is -4.78. The summed E-state index contributed by atoms with van der Waals surface area (Å²) in [6.45, 7) is 6.49. The van der Waals surface area contributed by atoms with Gasteiger partial charge in [-0.05, 0) is 79.5 Å². The summed E-state index contributed by atoms with van der Waals surface area (Å²) in [5, 5.41) is 18.1. The summed E-state index contributed by atoms with van der Waals surface area (Å²) >= 11 is 0. The van der Waals surface area contributed by atoms with Gasteiger partial charge in [-0.1, -0.05) is 36.4 Å². The number of urea groups is 1. The molecule has 9 nitrogen and oxygen atoms in total. The molecule has 1 aliphatic carbocycles. The fraction of sp³-hybridized carbons (Fsp3) is 0.294. The number of fused-ring (bicyclic) bond motifs is 3. The lowest BCUT2D eigenvalue weighted by Crippen LogP contribution is -2.44. The maximum absolute atomic E-state index is 12.5. The monoisotopic (exact) mass is 572 g/mol. The zero-order valence-corrected chi connectivity index (χ0v) is 24.4. The first-order chi connectivity index (χ1) is 21.1. The van der Waals surface area contributed by atoms with Gasteiger partial charge < -0.3 is 25.8 Å². The Morgan fingerprint density at radius 3 is 2.37 bits per heavy atom. The van der Waals surface area contributed by atoms with Crippen LogP contribution in [-0.2, 0) is 6.42 Å². The Morgan fingerprint density at radius 1 is 0.953 bits per heavy atom. The van der Waals surface area contributed by atoms with Crippen molar-refractivity contribution in [3.63, 3.8) is 0 Å². The van der Waals surface area contributed by atoms with Gasteiger partial charge in [-0.25, -0.2) is 14.8 Å². The quantitative estimate of drug-likeness (QED) is 0.243. The molecule has 0 saturated carbocycles. The van der Waals surface area contributed by atoms with Gasteiger partial charge in [0.25, 0.3) is 0 Å². The highest BCUT2D eigenvalue weighted by molar-refractivity contribution is 5.99. The molecule has 1 aliphatic heterocycles. The van der Waals surface area contributed by atoms with Crippen molar-refractivity contribution in [3.8, 4) is 17.3 Å². The van der Waals surface area contributed by atoms with Gasteiger partial charge in [0.1, 0.15) is 0 Å². The first kappa shape index (κ1) is 28.3. The fourth-order valence-electron chi connectivity index (χ4n) is 5.81. The molecule has 0 bridgehead atoms. The van der Waals surface area contributed by atoms with E-state index in [4.69, 9.17) is 10.2 Å². The van der Waals surface area contributed by atoms with Crippen LogP contribution < -0.4 is 16.0 Å². The number of amides is 2. The largest absolute Gasteiger partial charge is 0.354 e. The average molecular weight is 573 g/mol. The summed E-state index contributed by atoms with van der Waals surface area (Å²) in [7, 11) is 2.19. The standard InChI is InChI=1S/C34H36N8O/c1-41-17-19-42(20-18-41)16-4-15-36-33-37-23-26-21-31(29-5-2-3-6-30(29)32(26)40-33)25-9-13-28(14-10-25)39-34(43)38-27-11-7-24(22-35)8-12-27/h2-3,5-14,23,31H,4,15-21H2,1H3,(H,36,37,40)(H2,38,39,43). The van der Waals surface area contributed by atoms with Crippen LogP contribution in [0.3, 0.4) is 0 Å². The summed E-state index contributed by atoms with van der Waals surface area (Å²) in [6.07, 6.45) is 3.84. The van der Waals surface area contributed by atoms with Gasteiger partial charge in [0, 0.05) is 61.8 Å². The molecular weight excluding hydrogens is 536 g/mol. The number of aromatic nitrogens is 2. The molecule has 6 rings (SSSR count). The van der Waals surface area contributed by atoms with Crippen LogP contribution in [0, 0.1) is 11.3 Å². The van der Waals surface area contributed by atoms with E-state index in [1.54, 1.807) is 24.3 Å². The zero-order valence-electron chi connectivity index (χ0n) is 24.4. The SMILES string of the molecule is CN1CCN(CCCNc2ncc3c(n2)-c2ccccc2C(c2ccc(NC(=O)Nc4ccc(C#N)cc4)cc2)C3)CC1. The third-order valence-corrected chi connectivity index (χ3v) is 8.25. The third kappa shape index (κ3) is 6.83. The summed E-state index contributed by atoms with van der Waals surface area (Å²) in [4.78, 5) is 27.0. The molecule has 1 unspecified atom stereocenters. The number of nitrogens with one attached hydrogen (secondary N) is 3. The van der Waals surface area contributed by atoms with Crippen LogP contribution in [0.2, 0.25) is 0 Å². The number of hydrogen-bond donors (Lipinski definition) is 3.